The second-order valence-electron chi connectivity index (χ2n) is 4.29. The van der Waals surface area contributed by atoms with Crippen LogP contribution in [0.2, 0.25) is 0 Å². The molecular formula is C9H14N4O6S. The topological polar surface area (TPSA) is 147 Å². The van der Waals surface area contributed by atoms with E-state index in [9.17, 15) is 18.3 Å². The minimum absolute atomic E-state index is 0.0610. The summed E-state index contributed by atoms with van der Waals surface area (Å²) in [6.07, 6.45) is -0.471. The number of aliphatic hydroxyl groups is 1. The third kappa shape index (κ3) is 3.30. The van der Waals surface area contributed by atoms with Crippen molar-refractivity contribution < 1.29 is 22.4 Å². The van der Waals surface area contributed by atoms with E-state index in [0.29, 0.717) is 0 Å². The zero-order valence-electron chi connectivity index (χ0n) is 10.5. The minimum Gasteiger partial charge on any atom is -0.394 e. The summed E-state index contributed by atoms with van der Waals surface area (Å²) in [5.41, 5.74) is 4.59. The molecule has 2 heterocycles. The van der Waals surface area contributed by atoms with Crippen molar-refractivity contribution in [3.05, 3.63) is 16.8 Å². The molecule has 3 N–H and O–H groups in total. The summed E-state index contributed by atoms with van der Waals surface area (Å²) in [5, 5.41) is 9.17. The predicted octanol–water partition coefficient (Wildman–Crippen LogP) is -2.15. The number of hydrogen-bond acceptors (Lipinski definition) is 9. The summed E-state index contributed by atoms with van der Waals surface area (Å²) in [4.78, 5) is 18.7. The molecule has 3 atom stereocenters. The highest BCUT2D eigenvalue weighted by Crippen LogP contribution is 2.30. The van der Waals surface area contributed by atoms with Crippen LogP contribution in [-0.4, -0.2) is 53.1 Å². The van der Waals surface area contributed by atoms with Crippen LogP contribution in [0.25, 0.3) is 0 Å². The normalized spacial score (nSPS) is 26.8. The van der Waals surface area contributed by atoms with E-state index in [0.717, 1.165) is 17.2 Å². The summed E-state index contributed by atoms with van der Waals surface area (Å²) >= 11 is 0. The summed E-state index contributed by atoms with van der Waals surface area (Å²) in [6.45, 7) is -0.443. The number of hydrogen-bond donors (Lipinski definition) is 2. The van der Waals surface area contributed by atoms with Gasteiger partial charge in [-0.15, -0.1) is 0 Å². The van der Waals surface area contributed by atoms with Gasteiger partial charge in [0.05, 0.1) is 12.9 Å². The SMILES string of the molecule is CS(=O)(=O)O[C@H]1C[C@H](n2cnc(N)nc2=O)O[C@@H]1CO. The van der Waals surface area contributed by atoms with E-state index in [4.69, 9.17) is 14.7 Å². The lowest BCUT2D eigenvalue weighted by atomic mass is 10.2. The first-order valence-electron chi connectivity index (χ1n) is 5.65. The smallest absolute Gasteiger partial charge is 0.354 e. The fourth-order valence-electron chi connectivity index (χ4n) is 1.91. The van der Waals surface area contributed by atoms with Crippen LogP contribution in [-0.2, 0) is 19.0 Å². The lowest BCUT2D eigenvalue weighted by Crippen LogP contribution is -2.30. The molecule has 1 aromatic rings. The Morgan fingerprint density at radius 2 is 2.35 bits per heavy atom. The molecule has 2 rings (SSSR count). The number of nitrogen functional groups attached to an aromatic ring is 1. The van der Waals surface area contributed by atoms with E-state index in [1.165, 1.54) is 0 Å². The molecule has 1 aliphatic rings. The van der Waals surface area contributed by atoms with Gasteiger partial charge >= 0.3 is 5.69 Å². The fraction of sp³-hybridized carbons (Fsp3) is 0.667. The van der Waals surface area contributed by atoms with Crippen LogP contribution in [0, 0.1) is 0 Å². The third-order valence-corrected chi connectivity index (χ3v) is 3.31. The van der Waals surface area contributed by atoms with Gasteiger partial charge in [0.1, 0.15) is 24.8 Å². The molecule has 1 aromatic heterocycles. The first kappa shape index (κ1) is 14.8. The first-order valence-corrected chi connectivity index (χ1v) is 7.47. The average Bonchev–Trinajstić information content (AvgIpc) is 2.69. The number of ether oxygens (including phenoxy) is 1. The first-order chi connectivity index (χ1) is 9.30. The number of nitrogens with two attached hydrogens (primary N) is 1. The molecule has 1 fully saturated rings. The number of anilines is 1. The third-order valence-electron chi connectivity index (χ3n) is 2.71. The van der Waals surface area contributed by atoms with E-state index in [1.54, 1.807) is 0 Å². The van der Waals surface area contributed by atoms with Crippen molar-refractivity contribution >= 4 is 16.1 Å². The Labute approximate surface area is 114 Å². The van der Waals surface area contributed by atoms with E-state index < -0.39 is 40.9 Å². The van der Waals surface area contributed by atoms with Crippen LogP contribution >= 0.6 is 0 Å². The summed E-state index contributed by atoms with van der Waals surface area (Å²) in [6, 6.07) is 0. The van der Waals surface area contributed by atoms with Crippen molar-refractivity contribution in [1.29, 1.82) is 0 Å². The molecule has 0 saturated carbocycles. The molecule has 11 heteroatoms. The fourth-order valence-corrected chi connectivity index (χ4v) is 2.57. The highest BCUT2D eigenvalue weighted by atomic mass is 32.2. The van der Waals surface area contributed by atoms with Crippen molar-refractivity contribution in [2.75, 3.05) is 18.6 Å². The van der Waals surface area contributed by atoms with E-state index >= 15 is 0 Å². The number of aliphatic hydroxyl groups excluding tert-OH is 1. The number of nitrogens with zero attached hydrogens (tertiary/aromatic N) is 3. The molecule has 0 unspecified atom stereocenters. The Morgan fingerprint density at radius 1 is 1.65 bits per heavy atom. The van der Waals surface area contributed by atoms with Crippen LogP contribution in [0.1, 0.15) is 12.6 Å². The van der Waals surface area contributed by atoms with Gasteiger partial charge in [-0.1, -0.05) is 0 Å². The second kappa shape index (κ2) is 5.44. The van der Waals surface area contributed by atoms with Gasteiger partial charge in [-0.3, -0.25) is 8.75 Å². The summed E-state index contributed by atoms with van der Waals surface area (Å²) in [5.74, 6) is -0.174. The van der Waals surface area contributed by atoms with Gasteiger partial charge in [0.2, 0.25) is 5.95 Å². The largest absolute Gasteiger partial charge is 0.394 e. The minimum atomic E-state index is -3.70. The van der Waals surface area contributed by atoms with E-state index in [2.05, 4.69) is 9.97 Å². The predicted molar refractivity (Wildman–Crippen MR) is 66.0 cm³/mol. The lowest BCUT2D eigenvalue weighted by Gasteiger charge is -2.14. The Balaban J connectivity index is 2.22. The molecule has 0 aromatic carbocycles. The molecule has 1 aliphatic heterocycles. The van der Waals surface area contributed by atoms with Gasteiger partial charge in [0.25, 0.3) is 10.1 Å². The van der Waals surface area contributed by atoms with Crippen LogP contribution < -0.4 is 11.4 Å². The molecule has 1 saturated heterocycles. The zero-order chi connectivity index (χ0) is 14.9. The Bertz CT molecular complexity index is 644. The number of aromatic nitrogens is 3. The summed E-state index contributed by atoms with van der Waals surface area (Å²) in [7, 11) is -3.70. The van der Waals surface area contributed by atoms with E-state index in [-0.39, 0.29) is 12.4 Å². The molecule has 0 radical (unpaired) electrons. The maximum Gasteiger partial charge on any atom is 0.354 e. The van der Waals surface area contributed by atoms with Crippen LogP contribution in [0.3, 0.4) is 0 Å². The average molecular weight is 306 g/mol. The molecular weight excluding hydrogens is 292 g/mol. The molecule has 0 aliphatic carbocycles. The maximum absolute atomic E-state index is 11.6. The molecule has 112 valence electrons. The standard InChI is InChI=1S/C9H14N4O6S/c1-20(16,17)19-5-2-7(18-6(5)3-14)13-4-11-8(10)12-9(13)15/h4-7,14H,2-3H2,1H3,(H2,10,12,15)/t5-,6+,7+/m0/s1. The summed E-state index contributed by atoms with van der Waals surface area (Å²) < 4.78 is 33.5. The second-order valence-corrected chi connectivity index (χ2v) is 5.89. The van der Waals surface area contributed by atoms with Crippen molar-refractivity contribution in [2.45, 2.75) is 24.9 Å². The van der Waals surface area contributed by atoms with Crippen LogP contribution in [0.4, 0.5) is 5.95 Å². The Morgan fingerprint density at radius 3 is 2.90 bits per heavy atom. The highest BCUT2D eigenvalue weighted by Gasteiger charge is 2.39. The lowest BCUT2D eigenvalue weighted by molar-refractivity contribution is -0.0416. The number of rotatable bonds is 4. The van der Waals surface area contributed by atoms with Gasteiger partial charge in [-0.2, -0.15) is 13.4 Å². The molecule has 0 bridgehead atoms. The monoisotopic (exact) mass is 306 g/mol. The highest BCUT2D eigenvalue weighted by molar-refractivity contribution is 7.86. The van der Waals surface area contributed by atoms with Gasteiger partial charge < -0.3 is 15.6 Å². The van der Waals surface area contributed by atoms with Crippen LogP contribution in [0.15, 0.2) is 11.1 Å². The quantitative estimate of drug-likeness (QED) is 0.594. The van der Waals surface area contributed by atoms with Crippen molar-refractivity contribution in [2.24, 2.45) is 0 Å². The van der Waals surface area contributed by atoms with Crippen LogP contribution in [0.5, 0.6) is 0 Å². The molecule has 20 heavy (non-hydrogen) atoms. The van der Waals surface area contributed by atoms with Crippen molar-refractivity contribution in [3.8, 4) is 0 Å². The molecule has 0 amide bonds. The Kier molecular flexibility index (Phi) is 4.04. The van der Waals surface area contributed by atoms with Crippen molar-refractivity contribution in [3.63, 3.8) is 0 Å². The Hall–Kier alpha value is -1.56. The van der Waals surface area contributed by atoms with Crippen molar-refractivity contribution in [1.82, 2.24) is 14.5 Å². The van der Waals surface area contributed by atoms with Gasteiger partial charge in [0.15, 0.2) is 0 Å². The molecule has 0 spiro atoms. The van der Waals surface area contributed by atoms with E-state index in [1.807, 2.05) is 0 Å². The zero-order valence-corrected chi connectivity index (χ0v) is 11.4. The van der Waals surface area contributed by atoms with Gasteiger partial charge in [-0.25, -0.2) is 9.78 Å². The maximum atomic E-state index is 11.6. The molecule has 10 nitrogen and oxygen atoms in total. The van der Waals surface area contributed by atoms with Gasteiger partial charge in [0, 0.05) is 6.42 Å². The van der Waals surface area contributed by atoms with Gasteiger partial charge in [-0.05, 0) is 0 Å².